The number of nitrogen functional groups attached to an aromatic ring is 1. The summed E-state index contributed by atoms with van der Waals surface area (Å²) in [5.74, 6) is -2.36. The number of nitrogens with one attached hydrogen (secondary N) is 1. The zero-order chi connectivity index (χ0) is 20.5. The molecule has 0 spiro atoms. The van der Waals surface area contributed by atoms with Gasteiger partial charge < -0.3 is 16.0 Å². The van der Waals surface area contributed by atoms with Crippen molar-refractivity contribution in [2.24, 2.45) is 13.0 Å². The first kappa shape index (κ1) is 19.0. The molecule has 1 saturated heterocycles. The molecule has 1 fully saturated rings. The predicted molar refractivity (Wildman–Crippen MR) is 106 cm³/mol. The van der Waals surface area contributed by atoms with E-state index in [0.29, 0.717) is 6.54 Å². The number of nitrogens with zero attached hydrogens (tertiary/aromatic N) is 5. The highest BCUT2D eigenvalue weighted by atomic mass is 19.2. The number of hydrogen-bond donors (Lipinski definition) is 2. The predicted octanol–water partition coefficient (Wildman–Crippen LogP) is 2.12. The number of aryl methyl sites for hydroxylation is 1. The van der Waals surface area contributed by atoms with Crippen LogP contribution in [-0.2, 0) is 11.8 Å². The third-order valence-electron chi connectivity index (χ3n) is 5.13. The van der Waals surface area contributed by atoms with Gasteiger partial charge in [-0.3, -0.25) is 9.48 Å². The van der Waals surface area contributed by atoms with Gasteiger partial charge in [0.1, 0.15) is 5.82 Å². The maximum absolute atomic E-state index is 14.3. The number of halogens is 2. The van der Waals surface area contributed by atoms with Gasteiger partial charge in [0, 0.05) is 32.3 Å². The van der Waals surface area contributed by atoms with Crippen LogP contribution in [0.5, 0.6) is 0 Å². The molecular formula is C19H21F2N7O. The van der Waals surface area contributed by atoms with Crippen molar-refractivity contribution in [3.8, 4) is 0 Å². The van der Waals surface area contributed by atoms with Crippen molar-refractivity contribution in [1.29, 1.82) is 0 Å². The van der Waals surface area contributed by atoms with E-state index in [2.05, 4.69) is 25.3 Å². The number of benzene rings is 1. The number of carbonyl (C=O) groups excluding carboxylic acids is 1. The van der Waals surface area contributed by atoms with Crippen molar-refractivity contribution < 1.29 is 13.6 Å². The lowest BCUT2D eigenvalue weighted by Gasteiger charge is -2.32. The SMILES string of the molecule is Cn1cc(N2CCCC(C(=O)CNc3nc(N)nc4ccc(F)c(F)c34)C2)cn1. The third kappa shape index (κ3) is 3.82. The minimum absolute atomic E-state index is 0.0118. The third-order valence-corrected chi connectivity index (χ3v) is 5.13. The van der Waals surface area contributed by atoms with E-state index in [4.69, 9.17) is 5.73 Å². The van der Waals surface area contributed by atoms with E-state index in [0.717, 1.165) is 31.1 Å². The van der Waals surface area contributed by atoms with Gasteiger partial charge in [0.15, 0.2) is 17.4 Å². The van der Waals surface area contributed by atoms with Gasteiger partial charge >= 0.3 is 0 Å². The van der Waals surface area contributed by atoms with E-state index < -0.39 is 11.6 Å². The molecule has 4 rings (SSSR count). The second-order valence-corrected chi connectivity index (χ2v) is 7.16. The quantitative estimate of drug-likeness (QED) is 0.675. The van der Waals surface area contributed by atoms with E-state index in [1.165, 1.54) is 6.07 Å². The van der Waals surface area contributed by atoms with Crippen LogP contribution < -0.4 is 16.0 Å². The zero-order valence-electron chi connectivity index (χ0n) is 15.9. The molecule has 1 unspecified atom stereocenters. The van der Waals surface area contributed by atoms with Crippen LogP contribution in [0.4, 0.5) is 26.2 Å². The summed E-state index contributed by atoms with van der Waals surface area (Å²) in [6.45, 7) is 1.38. The van der Waals surface area contributed by atoms with Gasteiger partial charge in [-0.25, -0.2) is 13.8 Å². The normalized spacial score (nSPS) is 16.9. The summed E-state index contributed by atoms with van der Waals surface area (Å²) >= 11 is 0. The lowest BCUT2D eigenvalue weighted by atomic mass is 9.93. The molecule has 1 atom stereocenters. The Morgan fingerprint density at radius 1 is 1.34 bits per heavy atom. The standard InChI is InChI=1S/C19H21F2N7O/c1-27-10-12(7-24-27)28-6-2-3-11(9-28)15(29)8-23-18-16-14(25-19(22)26-18)5-4-13(20)17(16)21/h4-5,7,10-11H,2-3,6,8-9H2,1H3,(H3,22,23,25,26). The molecule has 1 aliphatic heterocycles. The molecule has 1 aromatic carbocycles. The Kier molecular flexibility index (Phi) is 4.99. The molecule has 8 nitrogen and oxygen atoms in total. The van der Waals surface area contributed by atoms with Crippen molar-refractivity contribution in [1.82, 2.24) is 19.7 Å². The van der Waals surface area contributed by atoms with Crippen molar-refractivity contribution in [3.63, 3.8) is 0 Å². The van der Waals surface area contributed by atoms with Gasteiger partial charge in [-0.15, -0.1) is 0 Å². The Morgan fingerprint density at radius 2 is 2.17 bits per heavy atom. The number of piperidine rings is 1. The largest absolute Gasteiger partial charge is 0.368 e. The summed E-state index contributed by atoms with van der Waals surface area (Å²) in [5, 5.41) is 6.89. The summed E-state index contributed by atoms with van der Waals surface area (Å²) in [4.78, 5) is 22.8. The Bertz CT molecular complexity index is 1070. The second kappa shape index (κ2) is 7.61. The minimum atomic E-state index is -1.07. The monoisotopic (exact) mass is 401 g/mol. The first-order chi connectivity index (χ1) is 13.9. The van der Waals surface area contributed by atoms with Crippen LogP contribution in [0.2, 0.25) is 0 Å². The highest BCUT2D eigenvalue weighted by molar-refractivity contribution is 5.93. The Hall–Kier alpha value is -3.30. The fourth-order valence-electron chi connectivity index (χ4n) is 3.67. The number of anilines is 3. The van der Waals surface area contributed by atoms with E-state index in [-0.39, 0.29) is 40.9 Å². The summed E-state index contributed by atoms with van der Waals surface area (Å²) in [6, 6.07) is 2.31. The average Bonchev–Trinajstić information content (AvgIpc) is 3.15. The first-order valence-corrected chi connectivity index (χ1v) is 9.34. The molecule has 3 aromatic rings. The summed E-state index contributed by atoms with van der Waals surface area (Å²) in [6.07, 6.45) is 5.35. The molecule has 10 heteroatoms. The smallest absolute Gasteiger partial charge is 0.222 e. The lowest BCUT2D eigenvalue weighted by molar-refractivity contribution is -0.121. The highest BCUT2D eigenvalue weighted by Gasteiger charge is 2.26. The molecular weight excluding hydrogens is 380 g/mol. The molecule has 0 bridgehead atoms. The number of ketones is 1. The fourth-order valence-corrected chi connectivity index (χ4v) is 3.67. The average molecular weight is 401 g/mol. The summed E-state index contributed by atoms with van der Waals surface area (Å²) in [7, 11) is 1.85. The van der Waals surface area contributed by atoms with Crippen LogP contribution in [0.15, 0.2) is 24.5 Å². The van der Waals surface area contributed by atoms with E-state index in [1.807, 2.05) is 13.2 Å². The fraction of sp³-hybridized carbons (Fsp3) is 0.368. The first-order valence-electron chi connectivity index (χ1n) is 9.34. The molecule has 0 aliphatic carbocycles. The van der Waals surface area contributed by atoms with Crippen LogP contribution >= 0.6 is 0 Å². The molecule has 1 aliphatic rings. The van der Waals surface area contributed by atoms with Crippen molar-refractivity contribution in [2.45, 2.75) is 12.8 Å². The Balaban J connectivity index is 1.49. The molecule has 3 heterocycles. The molecule has 0 saturated carbocycles. The van der Waals surface area contributed by atoms with E-state index >= 15 is 0 Å². The van der Waals surface area contributed by atoms with Gasteiger partial charge in [-0.2, -0.15) is 10.1 Å². The van der Waals surface area contributed by atoms with Gasteiger partial charge in [-0.1, -0.05) is 0 Å². The van der Waals surface area contributed by atoms with E-state index in [1.54, 1.807) is 10.9 Å². The highest BCUT2D eigenvalue weighted by Crippen LogP contribution is 2.27. The van der Waals surface area contributed by atoms with Crippen LogP contribution in [0.1, 0.15) is 12.8 Å². The Morgan fingerprint density at radius 3 is 2.93 bits per heavy atom. The molecule has 152 valence electrons. The number of aromatic nitrogens is 4. The second-order valence-electron chi connectivity index (χ2n) is 7.16. The maximum Gasteiger partial charge on any atom is 0.222 e. The number of Topliss-reactive ketones (excluding diaryl/α,β-unsaturated/α-hetero) is 1. The number of fused-ring (bicyclic) bond motifs is 1. The number of rotatable bonds is 5. The van der Waals surface area contributed by atoms with Crippen LogP contribution in [0.3, 0.4) is 0 Å². The number of nitrogens with two attached hydrogens (primary N) is 1. The summed E-state index contributed by atoms with van der Waals surface area (Å²) < 4.78 is 29.7. The maximum atomic E-state index is 14.3. The molecule has 0 amide bonds. The van der Waals surface area contributed by atoms with Crippen molar-refractivity contribution in [3.05, 3.63) is 36.2 Å². The van der Waals surface area contributed by atoms with Crippen LogP contribution in [0, 0.1) is 17.6 Å². The molecule has 0 radical (unpaired) electrons. The number of carbonyl (C=O) groups is 1. The minimum Gasteiger partial charge on any atom is -0.368 e. The van der Waals surface area contributed by atoms with Crippen LogP contribution in [0.25, 0.3) is 10.9 Å². The zero-order valence-corrected chi connectivity index (χ0v) is 15.9. The van der Waals surface area contributed by atoms with Gasteiger partial charge in [-0.05, 0) is 25.0 Å². The molecule has 3 N–H and O–H groups in total. The lowest BCUT2D eigenvalue weighted by Crippen LogP contribution is -2.40. The van der Waals surface area contributed by atoms with Gasteiger partial charge in [0.25, 0.3) is 0 Å². The number of hydrogen-bond acceptors (Lipinski definition) is 7. The van der Waals surface area contributed by atoms with Gasteiger partial charge in [0.05, 0.1) is 29.3 Å². The molecule has 29 heavy (non-hydrogen) atoms. The molecule has 2 aromatic heterocycles. The topological polar surface area (TPSA) is 102 Å². The Labute approximate surface area is 165 Å². The van der Waals surface area contributed by atoms with Crippen molar-refractivity contribution in [2.75, 3.05) is 35.6 Å². The van der Waals surface area contributed by atoms with Crippen molar-refractivity contribution >= 4 is 34.1 Å². The van der Waals surface area contributed by atoms with Gasteiger partial charge in [0.2, 0.25) is 5.95 Å². The van der Waals surface area contributed by atoms with Crippen LogP contribution in [-0.4, -0.2) is 45.2 Å². The summed E-state index contributed by atoms with van der Waals surface area (Å²) in [5.41, 5.74) is 6.82. The van der Waals surface area contributed by atoms with E-state index in [9.17, 15) is 13.6 Å².